The highest BCUT2D eigenvalue weighted by atomic mass is 32.1. The van der Waals surface area contributed by atoms with Crippen molar-refractivity contribution >= 4 is 27.5 Å². The largest absolute Gasteiger partial charge is 0.491 e. The first-order valence-corrected chi connectivity index (χ1v) is 12.3. The van der Waals surface area contributed by atoms with Crippen LogP contribution in [0.3, 0.4) is 0 Å². The molecule has 0 saturated carbocycles. The fourth-order valence-electron chi connectivity index (χ4n) is 4.11. The zero-order chi connectivity index (χ0) is 24.1. The number of piperazine rings is 1. The van der Waals surface area contributed by atoms with Crippen LogP contribution in [0.1, 0.15) is 23.5 Å². The maximum absolute atomic E-state index is 13.1. The molecule has 1 saturated heterocycles. The summed E-state index contributed by atoms with van der Waals surface area (Å²) in [4.78, 5) is 21.2. The lowest BCUT2D eigenvalue weighted by atomic mass is 10.1. The second-order valence-corrected chi connectivity index (χ2v) is 9.98. The number of nitrogens with zero attached hydrogens (tertiary/aromatic N) is 3. The number of nitrogens with one attached hydrogen (secondary N) is 1. The highest BCUT2D eigenvalue weighted by Gasteiger charge is 2.22. The van der Waals surface area contributed by atoms with Crippen molar-refractivity contribution in [3.05, 3.63) is 58.9 Å². The van der Waals surface area contributed by atoms with Crippen molar-refractivity contribution in [3.8, 4) is 5.75 Å². The van der Waals surface area contributed by atoms with Gasteiger partial charge in [-0.25, -0.2) is 9.37 Å². The average Bonchev–Trinajstić information content (AvgIpc) is 3.18. The van der Waals surface area contributed by atoms with Crippen LogP contribution in [0.2, 0.25) is 0 Å². The van der Waals surface area contributed by atoms with Gasteiger partial charge in [0.15, 0.2) is 0 Å². The number of amides is 1. The fourth-order valence-corrected chi connectivity index (χ4v) is 4.92. The number of aryl methyl sites for hydroxylation is 1. The number of benzene rings is 2. The topological polar surface area (TPSA) is 77.9 Å². The first-order chi connectivity index (χ1) is 16.4. The molecule has 0 aliphatic carbocycles. The number of fused-ring (bicyclic) bond motifs is 1. The molecule has 4 rings (SSSR count). The third-order valence-corrected chi connectivity index (χ3v) is 6.91. The van der Waals surface area contributed by atoms with Crippen LogP contribution >= 0.6 is 11.3 Å². The number of hydrogen-bond donors (Lipinski definition) is 2. The zero-order valence-electron chi connectivity index (χ0n) is 19.5. The summed E-state index contributed by atoms with van der Waals surface area (Å²) in [5.41, 5.74) is 1.79. The Hall–Kier alpha value is -2.59. The van der Waals surface area contributed by atoms with Gasteiger partial charge >= 0.3 is 0 Å². The van der Waals surface area contributed by atoms with E-state index in [0.717, 1.165) is 47.0 Å². The van der Waals surface area contributed by atoms with E-state index in [1.54, 1.807) is 23.5 Å². The summed E-state index contributed by atoms with van der Waals surface area (Å²) in [5.74, 6) is 0.373. The van der Waals surface area contributed by atoms with Gasteiger partial charge in [-0.2, -0.15) is 0 Å². The molecule has 0 radical (unpaired) electrons. The number of ether oxygens (including phenoxy) is 1. The molecule has 1 aromatic heterocycles. The Morgan fingerprint density at radius 3 is 2.62 bits per heavy atom. The highest BCUT2D eigenvalue weighted by Crippen LogP contribution is 2.25. The minimum absolute atomic E-state index is 0.0500. The number of β-amino-alcohol motifs (C(OH)–C–C–N with tert-alkyl or cyclic N) is 1. The number of aromatic nitrogens is 1. The van der Waals surface area contributed by atoms with Crippen molar-refractivity contribution in [3.63, 3.8) is 0 Å². The van der Waals surface area contributed by atoms with Crippen molar-refractivity contribution in [1.29, 1.82) is 0 Å². The van der Waals surface area contributed by atoms with Crippen LogP contribution in [0.5, 0.6) is 5.75 Å². The Kier molecular flexibility index (Phi) is 8.10. The normalized spacial score (nSPS) is 16.9. The second kappa shape index (κ2) is 11.2. The summed E-state index contributed by atoms with van der Waals surface area (Å²) in [6.07, 6.45) is -0.598. The van der Waals surface area contributed by atoms with Gasteiger partial charge in [0.1, 0.15) is 24.3 Å². The van der Waals surface area contributed by atoms with E-state index in [2.05, 4.69) is 20.1 Å². The van der Waals surface area contributed by atoms with Gasteiger partial charge in [0.2, 0.25) is 5.91 Å². The standard InChI is InChI=1S/C25H31FN4O3S/c1-17(19-3-5-20(26)6-4-19)27-25(32)15-30-11-9-29(10-12-30)14-21(31)16-33-22-7-8-24-23(13-22)28-18(2)34-24/h3-8,13,17,21,31H,9-12,14-16H2,1-2H3,(H,27,32). The predicted octanol–water partition coefficient (Wildman–Crippen LogP) is 2.98. The molecule has 1 amide bonds. The average molecular weight is 487 g/mol. The predicted molar refractivity (Wildman–Crippen MR) is 132 cm³/mol. The molecule has 1 fully saturated rings. The van der Waals surface area contributed by atoms with E-state index >= 15 is 0 Å². The number of aliphatic hydroxyl groups is 1. The Morgan fingerprint density at radius 1 is 1.18 bits per heavy atom. The van der Waals surface area contributed by atoms with Gasteiger partial charge in [0.25, 0.3) is 0 Å². The van der Waals surface area contributed by atoms with Crippen LogP contribution in [0, 0.1) is 12.7 Å². The van der Waals surface area contributed by atoms with E-state index in [1.165, 1.54) is 12.1 Å². The minimum atomic E-state index is -0.598. The van der Waals surface area contributed by atoms with E-state index in [0.29, 0.717) is 18.8 Å². The zero-order valence-corrected chi connectivity index (χ0v) is 20.4. The van der Waals surface area contributed by atoms with Gasteiger partial charge in [-0.15, -0.1) is 11.3 Å². The lowest BCUT2D eigenvalue weighted by Crippen LogP contribution is -2.51. The molecule has 182 valence electrons. The number of carbonyl (C=O) groups excluding carboxylic acids is 1. The van der Waals surface area contributed by atoms with E-state index < -0.39 is 6.10 Å². The SMILES string of the molecule is Cc1nc2cc(OCC(O)CN3CCN(CC(=O)NC(C)c4ccc(F)cc4)CC3)ccc2s1. The van der Waals surface area contributed by atoms with Crippen LogP contribution in [-0.4, -0.2) is 77.8 Å². The van der Waals surface area contributed by atoms with Crippen LogP contribution in [0.4, 0.5) is 4.39 Å². The highest BCUT2D eigenvalue weighted by molar-refractivity contribution is 7.18. The maximum atomic E-state index is 13.1. The summed E-state index contributed by atoms with van der Waals surface area (Å²) in [6.45, 7) is 8.02. The van der Waals surface area contributed by atoms with Gasteiger partial charge in [0, 0.05) is 38.8 Å². The van der Waals surface area contributed by atoms with Crippen LogP contribution in [-0.2, 0) is 4.79 Å². The van der Waals surface area contributed by atoms with E-state index in [-0.39, 0.29) is 24.4 Å². The number of carbonyl (C=O) groups is 1. The molecule has 1 aliphatic rings. The lowest BCUT2D eigenvalue weighted by Gasteiger charge is -2.35. The van der Waals surface area contributed by atoms with E-state index in [9.17, 15) is 14.3 Å². The van der Waals surface area contributed by atoms with Crippen LogP contribution < -0.4 is 10.1 Å². The minimum Gasteiger partial charge on any atom is -0.491 e. The summed E-state index contributed by atoms with van der Waals surface area (Å²) >= 11 is 1.65. The first-order valence-electron chi connectivity index (χ1n) is 11.5. The molecule has 7 nitrogen and oxygen atoms in total. The fraction of sp³-hybridized carbons (Fsp3) is 0.440. The molecule has 9 heteroatoms. The molecule has 1 aliphatic heterocycles. The van der Waals surface area contributed by atoms with Crippen molar-refractivity contribution in [2.24, 2.45) is 0 Å². The molecule has 0 spiro atoms. The van der Waals surface area contributed by atoms with Crippen molar-refractivity contribution in [1.82, 2.24) is 20.1 Å². The Labute approximate surface area is 203 Å². The molecule has 2 aromatic carbocycles. The Bertz CT molecular complexity index is 1100. The van der Waals surface area contributed by atoms with Gasteiger partial charge in [-0.3, -0.25) is 14.6 Å². The van der Waals surface area contributed by atoms with E-state index in [4.69, 9.17) is 4.74 Å². The van der Waals surface area contributed by atoms with Crippen LogP contribution in [0.15, 0.2) is 42.5 Å². The molecular weight excluding hydrogens is 455 g/mol. The van der Waals surface area contributed by atoms with Gasteiger partial charge < -0.3 is 15.2 Å². The molecular formula is C25H31FN4O3S. The van der Waals surface area contributed by atoms with E-state index in [1.807, 2.05) is 32.0 Å². The summed E-state index contributed by atoms with van der Waals surface area (Å²) in [6, 6.07) is 11.8. The third-order valence-electron chi connectivity index (χ3n) is 5.96. The first kappa shape index (κ1) is 24.5. The lowest BCUT2D eigenvalue weighted by molar-refractivity contribution is -0.123. The molecule has 3 aromatic rings. The van der Waals surface area contributed by atoms with Gasteiger partial charge in [-0.1, -0.05) is 12.1 Å². The summed E-state index contributed by atoms with van der Waals surface area (Å²) < 4.78 is 20.0. The molecule has 0 bridgehead atoms. The van der Waals surface area contributed by atoms with Crippen molar-refractivity contribution < 1.29 is 19.0 Å². The number of hydrogen-bond acceptors (Lipinski definition) is 7. The summed E-state index contributed by atoms with van der Waals surface area (Å²) in [5, 5.41) is 14.4. The third kappa shape index (κ3) is 6.73. The summed E-state index contributed by atoms with van der Waals surface area (Å²) in [7, 11) is 0. The van der Waals surface area contributed by atoms with Gasteiger partial charge in [-0.05, 0) is 43.7 Å². The van der Waals surface area contributed by atoms with Crippen molar-refractivity contribution in [2.75, 3.05) is 45.9 Å². The molecule has 2 atom stereocenters. The van der Waals surface area contributed by atoms with Crippen molar-refractivity contribution in [2.45, 2.75) is 26.0 Å². The maximum Gasteiger partial charge on any atom is 0.234 e. The molecule has 2 heterocycles. The molecule has 34 heavy (non-hydrogen) atoms. The van der Waals surface area contributed by atoms with Crippen LogP contribution in [0.25, 0.3) is 10.2 Å². The smallest absolute Gasteiger partial charge is 0.234 e. The Balaban J connectivity index is 1.15. The second-order valence-electron chi connectivity index (χ2n) is 8.74. The monoisotopic (exact) mass is 486 g/mol. The molecule has 2 N–H and O–H groups in total. The Morgan fingerprint density at radius 2 is 1.88 bits per heavy atom. The number of thiazole rings is 1. The number of rotatable bonds is 9. The molecule has 2 unspecified atom stereocenters. The number of halogens is 1. The van der Waals surface area contributed by atoms with Gasteiger partial charge in [0.05, 0.1) is 27.8 Å². The quantitative estimate of drug-likeness (QED) is 0.484. The number of aliphatic hydroxyl groups excluding tert-OH is 1.